The van der Waals surface area contributed by atoms with Crippen molar-refractivity contribution in [3.05, 3.63) is 44.9 Å². The average Bonchev–Trinajstić information content (AvgIpc) is 2.81. The van der Waals surface area contributed by atoms with Gasteiger partial charge in [0.1, 0.15) is 17.4 Å². The minimum Gasteiger partial charge on any atom is -0.486 e. The van der Waals surface area contributed by atoms with Gasteiger partial charge < -0.3 is 10.1 Å². The Morgan fingerprint density at radius 1 is 1.24 bits per heavy atom. The summed E-state index contributed by atoms with van der Waals surface area (Å²) >= 11 is 1.74. The Balaban J connectivity index is 1.97. The Morgan fingerprint density at radius 3 is 2.81 bits per heavy atom. The summed E-state index contributed by atoms with van der Waals surface area (Å²) in [6.07, 6.45) is 1.15. The number of ether oxygens (including phenoxy) is 1. The Hall–Kier alpha value is -1.39. The van der Waals surface area contributed by atoms with E-state index in [1.165, 1.54) is 16.0 Å². The second-order valence-electron chi connectivity index (χ2n) is 5.35. The number of hydrogen-bond acceptors (Lipinski definition) is 4. The second kappa shape index (κ2) is 7.57. The lowest BCUT2D eigenvalue weighted by molar-refractivity contribution is 0.303. The molecule has 0 aliphatic rings. The van der Waals surface area contributed by atoms with Crippen molar-refractivity contribution in [3.8, 4) is 5.75 Å². The maximum absolute atomic E-state index is 5.93. The van der Waals surface area contributed by atoms with Gasteiger partial charge in [0.05, 0.1) is 5.69 Å². The van der Waals surface area contributed by atoms with Gasteiger partial charge in [0.25, 0.3) is 0 Å². The molecule has 0 bridgehead atoms. The molecule has 0 atom stereocenters. The lowest BCUT2D eigenvalue weighted by Gasteiger charge is -2.08. The smallest absolute Gasteiger partial charge is 0.140 e. The maximum atomic E-state index is 5.93. The summed E-state index contributed by atoms with van der Waals surface area (Å²) in [5.41, 5.74) is 3.50. The van der Waals surface area contributed by atoms with Crippen LogP contribution in [0.5, 0.6) is 5.75 Å². The normalized spacial score (nSPS) is 10.9. The van der Waals surface area contributed by atoms with Crippen LogP contribution >= 0.6 is 11.3 Å². The fourth-order valence-electron chi connectivity index (χ4n) is 2.10. The molecule has 0 spiro atoms. The van der Waals surface area contributed by atoms with Crippen molar-refractivity contribution in [1.82, 2.24) is 10.3 Å². The molecule has 3 nitrogen and oxygen atoms in total. The summed E-state index contributed by atoms with van der Waals surface area (Å²) in [4.78, 5) is 5.92. The zero-order valence-corrected chi connectivity index (χ0v) is 14.1. The number of nitrogens with zero attached hydrogens (tertiary/aromatic N) is 1. The third-order valence-corrected chi connectivity index (χ3v) is 4.47. The molecule has 1 heterocycles. The molecule has 0 unspecified atom stereocenters. The van der Waals surface area contributed by atoms with Crippen molar-refractivity contribution in [2.75, 3.05) is 6.54 Å². The highest BCUT2D eigenvalue weighted by atomic mass is 32.1. The van der Waals surface area contributed by atoms with Gasteiger partial charge in [-0.1, -0.05) is 19.1 Å². The Kier molecular flexibility index (Phi) is 5.76. The first-order valence-corrected chi connectivity index (χ1v) is 8.27. The van der Waals surface area contributed by atoms with Crippen LogP contribution in [0.15, 0.2) is 18.2 Å². The van der Waals surface area contributed by atoms with Crippen LogP contribution in [0, 0.1) is 20.8 Å². The number of hydrogen-bond donors (Lipinski definition) is 1. The Labute approximate surface area is 131 Å². The molecular weight excluding hydrogens is 280 g/mol. The lowest BCUT2D eigenvalue weighted by Crippen LogP contribution is -2.13. The topological polar surface area (TPSA) is 34.1 Å². The molecule has 0 radical (unpaired) electrons. The fraction of sp³-hybridized carbons (Fsp3) is 0.471. The highest BCUT2D eigenvalue weighted by Gasteiger charge is 2.08. The molecule has 114 valence electrons. The van der Waals surface area contributed by atoms with Crippen molar-refractivity contribution in [2.45, 2.75) is 47.3 Å². The van der Waals surface area contributed by atoms with Crippen molar-refractivity contribution in [3.63, 3.8) is 0 Å². The summed E-state index contributed by atoms with van der Waals surface area (Å²) in [5.74, 6) is 0.952. The zero-order valence-electron chi connectivity index (χ0n) is 13.3. The van der Waals surface area contributed by atoms with Crippen LogP contribution in [-0.4, -0.2) is 11.5 Å². The Morgan fingerprint density at radius 2 is 2.05 bits per heavy atom. The molecule has 0 saturated carbocycles. The second-order valence-corrected chi connectivity index (χ2v) is 6.52. The van der Waals surface area contributed by atoms with E-state index in [9.17, 15) is 0 Å². The van der Waals surface area contributed by atoms with Crippen LogP contribution in [0.25, 0.3) is 0 Å². The third kappa shape index (κ3) is 4.55. The number of aryl methyl sites for hydroxylation is 3. The fourth-order valence-corrected chi connectivity index (χ4v) is 3.05. The number of benzene rings is 1. The maximum Gasteiger partial charge on any atom is 0.140 e. The average molecular weight is 304 g/mol. The molecule has 2 aromatic rings. The van der Waals surface area contributed by atoms with Gasteiger partial charge >= 0.3 is 0 Å². The van der Waals surface area contributed by atoms with Crippen LogP contribution < -0.4 is 10.1 Å². The van der Waals surface area contributed by atoms with Crippen LogP contribution in [0.1, 0.15) is 40.1 Å². The molecule has 1 N–H and O–H groups in total. The summed E-state index contributed by atoms with van der Waals surface area (Å²) in [6.45, 7) is 10.9. The van der Waals surface area contributed by atoms with Crippen molar-refractivity contribution < 1.29 is 4.74 Å². The van der Waals surface area contributed by atoms with E-state index in [-0.39, 0.29) is 0 Å². The first kappa shape index (κ1) is 16.0. The van der Waals surface area contributed by atoms with E-state index in [0.717, 1.165) is 36.0 Å². The van der Waals surface area contributed by atoms with Gasteiger partial charge in [0.15, 0.2) is 0 Å². The first-order chi connectivity index (χ1) is 10.1. The van der Waals surface area contributed by atoms with Gasteiger partial charge in [-0.3, -0.25) is 0 Å². The highest BCUT2D eigenvalue weighted by Crippen LogP contribution is 2.23. The van der Waals surface area contributed by atoms with Crippen LogP contribution in [0.4, 0.5) is 0 Å². The standard InChI is InChI=1S/C17H24N2OS/c1-5-8-18-10-16-14(4)19-17(21-16)11-20-15-9-12(2)6-7-13(15)3/h6-7,9,18H,5,8,10-11H2,1-4H3. The SMILES string of the molecule is CCCNCc1sc(COc2cc(C)ccc2C)nc1C. The summed E-state index contributed by atoms with van der Waals surface area (Å²) in [5, 5.41) is 4.47. The van der Waals surface area contributed by atoms with E-state index in [1.54, 1.807) is 11.3 Å². The molecule has 0 aliphatic heterocycles. The van der Waals surface area contributed by atoms with E-state index in [2.05, 4.69) is 56.2 Å². The van der Waals surface area contributed by atoms with Crippen LogP contribution in [0.2, 0.25) is 0 Å². The van der Waals surface area contributed by atoms with E-state index in [4.69, 9.17) is 4.74 Å². The van der Waals surface area contributed by atoms with Crippen molar-refractivity contribution in [1.29, 1.82) is 0 Å². The predicted molar refractivity (Wildman–Crippen MR) is 89.1 cm³/mol. The minimum absolute atomic E-state index is 0.545. The van der Waals surface area contributed by atoms with Gasteiger partial charge in [-0.2, -0.15) is 0 Å². The molecule has 2 rings (SSSR count). The number of rotatable bonds is 7. The van der Waals surface area contributed by atoms with Crippen molar-refractivity contribution in [2.24, 2.45) is 0 Å². The van der Waals surface area contributed by atoms with Crippen LogP contribution in [-0.2, 0) is 13.2 Å². The van der Waals surface area contributed by atoms with Gasteiger partial charge in [-0.05, 0) is 50.9 Å². The van der Waals surface area contributed by atoms with E-state index in [1.807, 2.05) is 0 Å². The van der Waals surface area contributed by atoms with Gasteiger partial charge in [0, 0.05) is 11.4 Å². The molecular formula is C17H24N2OS. The van der Waals surface area contributed by atoms with Crippen molar-refractivity contribution >= 4 is 11.3 Å². The molecule has 1 aromatic carbocycles. The monoisotopic (exact) mass is 304 g/mol. The van der Waals surface area contributed by atoms with Crippen LogP contribution in [0.3, 0.4) is 0 Å². The predicted octanol–water partition coefficient (Wildman–Crippen LogP) is 4.15. The molecule has 0 saturated heterocycles. The minimum atomic E-state index is 0.545. The molecule has 4 heteroatoms. The largest absolute Gasteiger partial charge is 0.486 e. The summed E-state index contributed by atoms with van der Waals surface area (Å²) in [6, 6.07) is 6.28. The molecule has 1 aromatic heterocycles. The third-order valence-electron chi connectivity index (χ3n) is 3.34. The Bertz CT molecular complexity index is 592. The molecule has 0 aliphatic carbocycles. The van der Waals surface area contributed by atoms with Gasteiger partial charge in [0.2, 0.25) is 0 Å². The summed E-state index contributed by atoms with van der Waals surface area (Å²) in [7, 11) is 0. The zero-order chi connectivity index (χ0) is 15.2. The first-order valence-electron chi connectivity index (χ1n) is 7.46. The molecule has 21 heavy (non-hydrogen) atoms. The number of thiazole rings is 1. The molecule has 0 fully saturated rings. The highest BCUT2D eigenvalue weighted by molar-refractivity contribution is 7.11. The molecule has 0 amide bonds. The quantitative estimate of drug-likeness (QED) is 0.780. The van der Waals surface area contributed by atoms with E-state index >= 15 is 0 Å². The number of nitrogens with one attached hydrogen (secondary N) is 1. The van der Waals surface area contributed by atoms with Gasteiger partial charge in [-0.25, -0.2) is 4.98 Å². The summed E-state index contributed by atoms with van der Waals surface area (Å²) < 4.78 is 5.93. The number of aromatic nitrogens is 1. The lowest BCUT2D eigenvalue weighted by atomic mass is 10.1. The van der Waals surface area contributed by atoms with Gasteiger partial charge in [-0.15, -0.1) is 11.3 Å². The van der Waals surface area contributed by atoms with E-state index in [0.29, 0.717) is 6.61 Å². The van der Waals surface area contributed by atoms with E-state index < -0.39 is 0 Å².